The molecule has 1 aliphatic carbocycles. The van der Waals surface area contributed by atoms with Crippen LogP contribution in [0.4, 0.5) is 11.4 Å². The van der Waals surface area contributed by atoms with Crippen LogP contribution in [0.1, 0.15) is 69.2 Å². The Hall–Kier alpha value is -2.08. The molecule has 6 heteroatoms. The van der Waals surface area contributed by atoms with Crippen LogP contribution in [0.5, 0.6) is 0 Å². The van der Waals surface area contributed by atoms with Gasteiger partial charge < -0.3 is 20.4 Å². The zero-order valence-electron chi connectivity index (χ0n) is 18.7. The van der Waals surface area contributed by atoms with Gasteiger partial charge in [-0.2, -0.15) is 0 Å². The molecule has 0 spiro atoms. The first-order chi connectivity index (χ1) is 14.6. The summed E-state index contributed by atoms with van der Waals surface area (Å²) in [6.45, 7) is 9.65. The van der Waals surface area contributed by atoms with Crippen LogP contribution in [0.2, 0.25) is 0 Å². The van der Waals surface area contributed by atoms with E-state index in [4.69, 9.17) is 0 Å². The second-order valence-electron chi connectivity index (χ2n) is 8.53. The molecule has 2 N–H and O–H groups in total. The van der Waals surface area contributed by atoms with Crippen molar-refractivity contribution in [1.82, 2.24) is 10.2 Å². The molecule has 1 heterocycles. The topological polar surface area (TPSA) is 64.7 Å². The SMILES string of the molecule is CCN(CC)CCNC(=O)c1cc(NC(=O)C2CCCCC2)ccc1N1CCCC1. The van der Waals surface area contributed by atoms with E-state index in [-0.39, 0.29) is 17.7 Å². The van der Waals surface area contributed by atoms with Gasteiger partial charge in [-0.25, -0.2) is 0 Å². The highest BCUT2D eigenvalue weighted by molar-refractivity contribution is 6.02. The summed E-state index contributed by atoms with van der Waals surface area (Å²) in [6.07, 6.45) is 7.74. The fourth-order valence-corrected chi connectivity index (χ4v) is 4.60. The highest BCUT2D eigenvalue weighted by Crippen LogP contribution is 2.29. The molecule has 0 bridgehead atoms. The first kappa shape index (κ1) is 22.6. The van der Waals surface area contributed by atoms with Gasteiger partial charge in [0.1, 0.15) is 0 Å². The summed E-state index contributed by atoms with van der Waals surface area (Å²) in [7, 11) is 0. The molecule has 2 aliphatic rings. The lowest BCUT2D eigenvalue weighted by Gasteiger charge is -2.24. The molecule has 1 aromatic rings. The summed E-state index contributed by atoms with van der Waals surface area (Å²) in [6, 6.07) is 5.81. The lowest BCUT2D eigenvalue weighted by Crippen LogP contribution is -2.35. The van der Waals surface area contributed by atoms with Crippen molar-refractivity contribution in [3.05, 3.63) is 23.8 Å². The summed E-state index contributed by atoms with van der Waals surface area (Å²) in [5.74, 6) is 0.137. The molecule has 1 aliphatic heterocycles. The number of nitrogens with zero attached hydrogens (tertiary/aromatic N) is 2. The van der Waals surface area contributed by atoms with Crippen LogP contribution in [0.3, 0.4) is 0 Å². The lowest BCUT2D eigenvalue weighted by molar-refractivity contribution is -0.120. The summed E-state index contributed by atoms with van der Waals surface area (Å²) < 4.78 is 0. The minimum absolute atomic E-state index is 0.0576. The number of anilines is 2. The third kappa shape index (κ3) is 5.97. The fraction of sp³-hybridized carbons (Fsp3) is 0.667. The first-order valence-electron chi connectivity index (χ1n) is 11.8. The van der Waals surface area contributed by atoms with Gasteiger partial charge >= 0.3 is 0 Å². The smallest absolute Gasteiger partial charge is 0.253 e. The zero-order chi connectivity index (χ0) is 21.3. The van der Waals surface area contributed by atoms with Crippen LogP contribution < -0.4 is 15.5 Å². The molecule has 0 unspecified atom stereocenters. The Labute approximate surface area is 181 Å². The molecule has 1 saturated carbocycles. The largest absolute Gasteiger partial charge is 0.371 e. The van der Waals surface area contributed by atoms with E-state index in [1.807, 2.05) is 18.2 Å². The number of hydrogen-bond acceptors (Lipinski definition) is 4. The van der Waals surface area contributed by atoms with E-state index in [2.05, 4.69) is 34.3 Å². The number of nitrogens with one attached hydrogen (secondary N) is 2. The van der Waals surface area contributed by atoms with Crippen molar-refractivity contribution in [2.24, 2.45) is 5.92 Å². The normalized spacial score (nSPS) is 17.4. The van der Waals surface area contributed by atoms with Crippen LogP contribution in [-0.2, 0) is 4.79 Å². The third-order valence-electron chi connectivity index (χ3n) is 6.54. The van der Waals surface area contributed by atoms with E-state index in [9.17, 15) is 9.59 Å². The minimum atomic E-state index is -0.0576. The first-order valence-corrected chi connectivity index (χ1v) is 11.8. The van der Waals surface area contributed by atoms with Gasteiger partial charge in [-0.1, -0.05) is 33.1 Å². The summed E-state index contributed by atoms with van der Waals surface area (Å²) in [5, 5.41) is 6.16. The second-order valence-corrected chi connectivity index (χ2v) is 8.53. The number of hydrogen-bond donors (Lipinski definition) is 2. The maximum Gasteiger partial charge on any atom is 0.253 e. The van der Waals surface area contributed by atoms with Gasteiger partial charge in [0, 0.05) is 43.5 Å². The number of likely N-dealkylation sites (N-methyl/N-ethyl adjacent to an activating group) is 1. The molecule has 0 aromatic heterocycles. The number of benzene rings is 1. The predicted octanol–water partition coefficient (Wildman–Crippen LogP) is 3.88. The number of amides is 2. The molecular formula is C24H38N4O2. The van der Waals surface area contributed by atoms with E-state index in [1.165, 1.54) is 6.42 Å². The Balaban J connectivity index is 1.71. The quantitative estimate of drug-likeness (QED) is 0.644. The summed E-state index contributed by atoms with van der Waals surface area (Å²) in [5.41, 5.74) is 2.36. The van der Waals surface area contributed by atoms with Gasteiger partial charge in [-0.15, -0.1) is 0 Å². The molecule has 1 aromatic carbocycles. The van der Waals surface area contributed by atoms with Gasteiger partial charge in [0.25, 0.3) is 5.91 Å². The van der Waals surface area contributed by atoms with Crippen molar-refractivity contribution in [1.29, 1.82) is 0 Å². The Morgan fingerprint density at radius 3 is 2.40 bits per heavy atom. The molecule has 166 valence electrons. The molecule has 3 rings (SSSR count). The molecule has 2 fully saturated rings. The molecule has 0 radical (unpaired) electrons. The van der Waals surface area contributed by atoms with Gasteiger partial charge in [0.15, 0.2) is 0 Å². The Kier molecular flexibility index (Phi) is 8.55. The highest BCUT2D eigenvalue weighted by atomic mass is 16.2. The Bertz CT molecular complexity index is 705. The van der Waals surface area contributed by atoms with E-state index in [0.29, 0.717) is 12.1 Å². The zero-order valence-corrected chi connectivity index (χ0v) is 18.7. The van der Waals surface area contributed by atoms with Gasteiger partial charge in [0.05, 0.1) is 5.56 Å². The lowest BCUT2D eigenvalue weighted by atomic mass is 9.88. The standard InChI is InChI=1S/C24H38N4O2/c1-3-27(4-2)17-14-25-24(30)21-18-20(12-13-22(21)28-15-8-9-16-28)26-23(29)19-10-6-5-7-11-19/h12-13,18-19H,3-11,14-17H2,1-2H3,(H,25,30)(H,26,29). The molecule has 0 atom stereocenters. The number of carbonyl (C=O) groups is 2. The molecular weight excluding hydrogens is 376 g/mol. The van der Waals surface area contributed by atoms with Crippen molar-refractivity contribution in [3.63, 3.8) is 0 Å². The summed E-state index contributed by atoms with van der Waals surface area (Å²) >= 11 is 0. The van der Waals surface area contributed by atoms with Crippen molar-refractivity contribution >= 4 is 23.2 Å². The van der Waals surface area contributed by atoms with Crippen LogP contribution in [0.25, 0.3) is 0 Å². The predicted molar refractivity (Wildman–Crippen MR) is 123 cm³/mol. The van der Waals surface area contributed by atoms with Crippen LogP contribution in [0, 0.1) is 5.92 Å². The third-order valence-corrected chi connectivity index (χ3v) is 6.54. The van der Waals surface area contributed by atoms with Crippen LogP contribution in [-0.4, -0.2) is 56.0 Å². The number of carbonyl (C=O) groups excluding carboxylic acids is 2. The fourth-order valence-electron chi connectivity index (χ4n) is 4.60. The summed E-state index contributed by atoms with van der Waals surface area (Å²) in [4.78, 5) is 30.3. The van der Waals surface area contributed by atoms with Crippen molar-refractivity contribution in [2.75, 3.05) is 49.5 Å². The van der Waals surface area contributed by atoms with Crippen molar-refractivity contribution in [3.8, 4) is 0 Å². The van der Waals surface area contributed by atoms with E-state index in [0.717, 1.165) is 82.6 Å². The Morgan fingerprint density at radius 1 is 1.03 bits per heavy atom. The van der Waals surface area contributed by atoms with E-state index in [1.54, 1.807) is 0 Å². The van der Waals surface area contributed by atoms with Gasteiger partial charge in [-0.05, 0) is 57.0 Å². The van der Waals surface area contributed by atoms with Gasteiger partial charge in [-0.3, -0.25) is 9.59 Å². The Morgan fingerprint density at radius 2 is 1.73 bits per heavy atom. The molecule has 6 nitrogen and oxygen atoms in total. The van der Waals surface area contributed by atoms with Crippen molar-refractivity contribution < 1.29 is 9.59 Å². The van der Waals surface area contributed by atoms with Crippen LogP contribution in [0.15, 0.2) is 18.2 Å². The average Bonchev–Trinajstić information content (AvgIpc) is 3.32. The average molecular weight is 415 g/mol. The maximum absolute atomic E-state index is 13.1. The van der Waals surface area contributed by atoms with Crippen molar-refractivity contribution in [2.45, 2.75) is 58.8 Å². The van der Waals surface area contributed by atoms with E-state index < -0.39 is 0 Å². The highest BCUT2D eigenvalue weighted by Gasteiger charge is 2.23. The monoisotopic (exact) mass is 414 g/mol. The number of rotatable bonds is 9. The van der Waals surface area contributed by atoms with E-state index >= 15 is 0 Å². The second kappa shape index (κ2) is 11.3. The van der Waals surface area contributed by atoms with Gasteiger partial charge in [0.2, 0.25) is 5.91 Å². The minimum Gasteiger partial charge on any atom is -0.371 e. The molecule has 30 heavy (non-hydrogen) atoms. The van der Waals surface area contributed by atoms with Crippen LogP contribution >= 0.6 is 0 Å². The molecule has 2 amide bonds. The maximum atomic E-state index is 13.1. The molecule has 1 saturated heterocycles.